The van der Waals surface area contributed by atoms with Crippen molar-refractivity contribution in [2.45, 2.75) is 55.5 Å². The Morgan fingerprint density at radius 2 is 0.960 bits per heavy atom. The molecule has 2 aromatic heterocycles. The van der Waals surface area contributed by atoms with E-state index in [2.05, 4.69) is 51.2 Å². The summed E-state index contributed by atoms with van der Waals surface area (Å²) in [7, 11) is 0. The van der Waals surface area contributed by atoms with Gasteiger partial charge < -0.3 is 46.3 Å². The van der Waals surface area contributed by atoms with Crippen LogP contribution < -0.4 is 36.5 Å². The molecular weight excluding hydrogens is 1060 g/mol. The highest BCUT2D eigenvalue weighted by Gasteiger charge is 2.46. The van der Waals surface area contributed by atoms with Crippen LogP contribution in [-0.4, -0.2) is 109 Å². The molecule has 7 N–H and O–H groups in total. The van der Waals surface area contributed by atoms with E-state index < -0.39 is 53.9 Å². The number of rotatable bonds is 16. The molecular formula is C48H45Cl3F6N14O4. The largest absolute Gasteiger partial charge is 0.454 e. The minimum atomic E-state index is -4.57. The van der Waals surface area contributed by atoms with Gasteiger partial charge in [-0.1, -0.05) is 47.5 Å². The molecule has 3 heterocycles. The molecule has 75 heavy (non-hydrogen) atoms. The minimum absolute atomic E-state index is 0.0133. The lowest BCUT2D eigenvalue weighted by Crippen LogP contribution is -2.40. The predicted molar refractivity (Wildman–Crippen MR) is 268 cm³/mol. The number of alkyl halides is 6. The quantitative estimate of drug-likeness (QED) is 0.0229. The summed E-state index contributed by atoms with van der Waals surface area (Å²) in [5.74, 6) is -0.151. The van der Waals surface area contributed by atoms with Gasteiger partial charge in [0.15, 0.2) is 19.2 Å². The topological polar surface area (TPSA) is 234 Å². The number of hydrogen-bond donors (Lipinski definition) is 6. The lowest BCUT2D eigenvalue weighted by atomic mass is 10.1. The van der Waals surface area contributed by atoms with Crippen molar-refractivity contribution >= 4 is 87.1 Å². The van der Waals surface area contributed by atoms with E-state index >= 15 is 0 Å². The number of carbonyl (C=O) groups is 2. The molecule has 1 aliphatic heterocycles. The van der Waals surface area contributed by atoms with Crippen LogP contribution in [0.4, 0.5) is 61.5 Å². The lowest BCUT2D eigenvalue weighted by Gasteiger charge is -2.22. The second kappa shape index (κ2) is 22.6. The molecule has 2 saturated carbocycles. The summed E-state index contributed by atoms with van der Waals surface area (Å²) in [6, 6.07) is 26.2. The summed E-state index contributed by atoms with van der Waals surface area (Å²) in [6.45, 7) is -1.03. The Bertz CT molecular complexity index is 2990. The summed E-state index contributed by atoms with van der Waals surface area (Å²) in [5.41, 5.74) is 8.25. The van der Waals surface area contributed by atoms with Crippen LogP contribution in [0.25, 0.3) is 0 Å². The van der Waals surface area contributed by atoms with Gasteiger partial charge in [-0.25, -0.2) is 0 Å². The fourth-order valence-electron chi connectivity index (χ4n) is 7.73. The number of amides is 1. The van der Waals surface area contributed by atoms with Gasteiger partial charge in [-0.3, -0.25) is 15.0 Å². The van der Waals surface area contributed by atoms with Crippen molar-refractivity contribution in [1.82, 2.24) is 39.7 Å². The normalized spacial score (nSPS) is 15.5. The fraction of sp³-hybridized carbons (Fsp3) is 0.312. The molecule has 0 radical (unpaired) electrons. The van der Waals surface area contributed by atoms with Gasteiger partial charge in [0.1, 0.15) is 0 Å². The van der Waals surface area contributed by atoms with Crippen LogP contribution in [0.2, 0.25) is 10.0 Å². The minimum Gasteiger partial charge on any atom is -0.454 e. The molecule has 27 heteroatoms. The summed E-state index contributed by atoms with van der Waals surface area (Å²) in [6.07, 6.45) is -5.36. The van der Waals surface area contributed by atoms with Crippen LogP contribution in [-0.2, 0) is 11.1 Å². The van der Waals surface area contributed by atoms with E-state index in [0.29, 0.717) is 59.6 Å². The van der Waals surface area contributed by atoms with Crippen molar-refractivity contribution < 1.29 is 45.4 Å². The van der Waals surface area contributed by atoms with Crippen molar-refractivity contribution in [2.24, 2.45) is 5.73 Å². The van der Waals surface area contributed by atoms with E-state index in [1.54, 1.807) is 70.5 Å². The molecule has 2 aliphatic carbocycles. The zero-order valence-electron chi connectivity index (χ0n) is 39.2. The first kappa shape index (κ1) is 53.8. The first-order valence-corrected chi connectivity index (χ1v) is 24.1. The van der Waals surface area contributed by atoms with Crippen molar-refractivity contribution in [2.75, 3.05) is 60.7 Å². The second-order valence-electron chi connectivity index (χ2n) is 17.5. The number of nitrogens with two attached hydrogens (primary N) is 1. The number of ether oxygens (including phenoxy) is 2. The number of guanidine groups is 1. The molecule has 0 spiro atoms. The molecule has 0 atom stereocenters. The van der Waals surface area contributed by atoms with Gasteiger partial charge in [-0.15, -0.1) is 0 Å². The first-order valence-electron chi connectivity index (χ1n) is 22.9. The van der Waals surface area contributed by atoms with Crippen LogP contribution >= 0.6 is 34.8 Å². The van der Waals surface area contributed by atoms with E-state index in [4.69, 9.17) is 55.4 Å². The number of anilines is 6. The summed E-state index contributed by atoms with van der Waals surface area (Å²) >= 11 is 17.4. The third-order valence-electron chi connectivity index (χ3n) is 11.8. The maximum Gasteiger partial charge on any atom is 0.422 e. The third-order valence-corrected chi connectivity index (χ3v) is 12.6. The number of nitrogens with one attached hydrogen (secondary N) is 5. The number of hydrogen-bond acceptors (Lipinski definition) is 15. The van der Waals surface area contributed by atoms with Crippen LogP contribution in [0.15, 0.2) is 97.1 Å². The maximum atomic E-state index is 13.1. The van der Waals surface area contributed by atoms with Crippen LogP contribution in [0.1, 0.15) is 63.9 Å². The van der Waals surface area contributed by atoms with Crippen molar-refractivity contribution in [3.8, 4) is 12.0 Å². The Labute approximate surface area is 439 Å². The zero-order chi connectivity index (χ0) is 53.5. The Kier molecular flexibility index (Phi) is 16.2. The number of carbonyl (C=O) groups excluding carboxylic acids is 2. The van der Waals surface area contributed by atoms with Crippen LogP contribution in [0.5, 0.6) is 12.0 Å². The molecule has 394 valence electrons. The molecule has 18 nitrogen and oxygen atoms in total. The van der Waals surface area contributed by atoms with Gasteiger partial charge in [-0.2, -0.15) is 56.2 Å². The standard InChI is InChI=1S/C27H29ClF3N9O2.C21H16Cl2F3N5O2/c28-19-6-4-18(5-7-19)26(10-11-26)38-24-35-23(36-25(37-24)42-16-27(29,30)31)34-20-8-2-17(3-9-20)21(41)39-12-1-13-40(15-14-39)22(32)33;22-14-5-3-13(4-6-14)20(9-10-20)31-18-28-17(29-19(30-18)33-11-21(24,25)26)27-15-7-1-12(2-8-15)16(23)32/h2-9H,1,10-16H2,(H3,32,33)(H2,34,35,36,37,38);1-8H,9-11H2,(H2,27,28,29,30,31). The highest BCUT2D eigenvalue weighted by molar-refractivity contribution is 6.67. The van der Waals surface area contributed by atoms with Crippen LogP contribution in [0.3, 0.4) is 0 Å². The number of benzene rings is 4. The highest BCUT2D eigenvalue weighted by atomic mass is 35.5. The number of aromatic nitrogens is 6. The number of nitrogens with zero attached hydrogens (tertiary/aromatic N) is 8. The average Bonchev–Trinajstić information content (AvgIpc) is 4.31. The molecule has 0 bridgehead atoms. The Morgan fingerprint density at radius 1 is 0.573 bits per heavy atom. The lowest BCUT2D eigenvalue weighted by molar-refractivity contribution is -0.155. The Morgan fingerprint density at radius 3 is 1.35 bits per heavy atom. The second-order valence-corrected chi connectivity index (χ2v) is 18.7. The molecule has 1 amide bonds. The maximum absolute atomic E-state index is 13.1. The van der Waals surface area contributed by atoms with Gasteiger partial charge in [0.25, 0.3) is 11.1 Å². The number of halogens is 9. The first-order chi connectivity index (χ1) is 35.6. The predicted octanol–water partition coefficient (Wildman–Crippen LogP) is 10.0. The fourth-order valence-corrected chi connectivity index (χ4v) is 8.11. The van der Waals surface area contributed by atoms with Crippen molar-refractivity contribution in [3.63, 3.8) is 0 Å². The van der Waals surface area contributed by atoms with E-state index in [1.165, 1.54) is 12.1 Å². The van der Waals surface area contributed by atoms with E-state index in [1.807, 2.05) is 24.3 Å². The molecule has 0 unspecified atom stereocenters. The van der Waals surface area contributed by atoms with Gasteiger partial charge in [0.05, 0.1) is 11.1 Å². The Balaban J connectivity index is 0.000000205. The van der Waals surface area contributed by atoms with E-state index in [-0.39, 0.29) is 41.2 Å². The van der Waals surface area contributed by atoms with E-state index in [9.17, 15) is 35.9 Å². The molecule has 3 aliphatic rings. The van der Waals surface area contributed by atoms with Gasteiger partial charge in [0, 0.05) is 58.7 Å². The van der Waals surface area contributed by atoms with Crippen molar-refractivity contribution in [3.05, 3.63) is 129 Å². The highest BCUT2D eigenvalue weighted by Crippen LogP contribution is 2.49. The SMILES string of the molecule is N=C(N)N1CCCN(C(=O)c2ccc(Nc3nc(NC4(c5ccc(Cl)cc5)CC4)nc(OCC(F)(F)F)n3)cc2)CC1.O=C(Cl)c1ccc(Nc2nc(NC3(c4ccc(Cl)cc4)CC3)nc(OCC(F)(F)F)n2)cc1. The molecule has 3 fully saturated rings. The van der Waals surface area contributed by atoms with Crippen LogP contribution in [0, 0.1) is 5.41 Å². The molecule has 6 aromatic rings. The Hall–Kier alpha value is -7.44. The smallest absolute Gasteiger partial charge is 0.422 e. The third kappa shape index (κ3) is 15.1. The van der Waals surface area contributed by atoms with Crippen molar-refractivity contribution in [1.29, 1.82) is 5.41 Å². The average molecular weight is 1100 g/mol. The summed E-state index contributed by atoms with van der Waals surface area (Å²) in [5, 5.41) is 20.4. The molecule has 1 saturated heterocycles. The molecule has 4 aromatic carbocycles. The summed E-state index contributed by atoms with van der Waals surface area (Å²) in [4.78, 5) is 52.4. The van der Waals surface area contributed by atoms with Gasteiger partial charge >= 0.3 is 24.4 Å². The monoisotopic (exact) mass is 1100 g/mol. The van der Waals surface area contributed by atoms with Gasteiger partial charge in [-0.05, 0) is 128 Å². The molecule has 9 rings (SSSR count). The zero-order valence-corrected chi connectivity index (χ0v) is 41.5. The summed E-state index contributed by atoms with van der Waals surface area (Å²) < 4.78 is 86.1. The van der Waals surface area contributed by atoms with E-state index in [0.717, 1.165) is 36.8 Å². The van der Waals surface area contributed by atoms with Gasteiger partial charge in [0.2, 0.25) is 23.8 Å².